The zero-order valence-electron chi connectivity index (χ0n) is 11.6. The molecule has 1 aromatic heterocycles. The van der Waals surface area contributed by atoms with Crippen LogP contribution in [0.25, 0.3) is 10.2 Å². The first-order valence-corrected chi connectivity index (χ1v) is 7.46. The van der Waals surface area contributed by atoms with E-state index in [0.717, 1.165) is 41.7 Å². The van der Waals surface area contributed by atoms with E-state index in [1.807, 2.05) is 13.8 Å². The predicted octanol–water partition coefficient (Wildman–Crippen LogP) is 3.61. The molecular formula is C14H19FN2OS. The van der Waals surface area contributed by atoms with Crippen molar-refractivity contribution in [2.45, 2.75) is 20.8 Å². The van der Waals surface area contributed by atoms with Gasteiger partial charge in [-0.2, -0.15) is 0 Å². The van der Waals surface area contributed by atoms with Gasteiger partial charge in [0, 0.05) is 18.7 Å². The summed E-state index contributed by atoms with van der Waals surface area (Å²) in [6.45, 7) is 8.98. The molecule has 0 spiro atoms. The van der Waals surface area contributed by atoms with Gasteiger partial charge >= 0.3 is 0 Å². The van der Waals surface area contributed by atoms with Gasteiger partial charge in [-0.25, -0.2) is 9.37 Å². The van der Waals surface area contributed by atoms with Crippen LogP contribution in [0, 0.1) is 12.7 Å². The largest absolute Gasteiger partial charge is 0.378 e. The lowest BCUT2D eigenvalue weighted by Gasteiger charge is -2.25. The molecule has 3 rings (SSSR count). The number of fused-ring (bicyclic) bond motifs is 1. The van der Waals surface area contributed by atoms with Crippen LogP contribution in [0.15, 0.2) is 12.1 Å². The topological polar surface area (TPSA) is 25.4 Å². The van der Waals surface area contributed by atoms with E-state index in [9.17, 15) is 4.39 Å². The van der Waals surface area contributed by atoms with Crippen molar-refractivity contribution in [1.82, 2.24) is 4.98 Å². The molecule has 0 saturated carbocycles. The number of morpholine rings is 1. The number of hydrogen-bond acceptors (Lipinski definition) is 4. The highest BCUT2D eigenvalue weighted by molar-refractivity contribution is 7.22. The molecule has 1 aliphatic heterocycles. The van der Waals surface area contributed by atoms with E-state index in [2.05, 4.69) is 9.88 Å². The maximum absolute atomic E-state index is 13.4. The van der Waals surface area contributed by atoms with Crippen LogP contribution >= 0.6 is 11.3 Å². The third-order valence-corrected chi connectivity index (χ3v) is 4.10. The molecule has 1 aliphatic rings. The fourth-order valence-corrected chi connectivity index (χ4v) is 3.06. The standard InChI is InChI=1S/C12H13FN2OS.C2H6/c1-8-9(13)2-3-10-11(8)14-12(17-10)15-4-6-16-7-5-15;1-2/h2-3H,4-7H2,1H3;1-2H3. The highest BCUT2D eigenvalue weighted by atomic mass is 32.1. The Morgan fingerprint density at radius 3 is 2.63 bits per heavy atom. The van der Waals surface area contributed by atoms with Gasteiger partial charge in [-0.1, -0.05) is 25.2 Å². The molecule has 1 fully saturated rings. The summed E-state index contributed by atoms with van der Waals surface area (Å²) in [5, 5.41) is 0.969. The van der Waals surface area contributed by atoms with Crippen molar-refractivity contribution < 1.29 is 9.13 Å². The smallest absolute Gasteiger partial charge is 0.186 e. The van der Waals surface area contributed by atoms with E-state index >= 15 is 0 Å². The van der Waals surface area contributed by atoms with Crippen molar-refractivity contribution >= 4 is 26.7 Å². The number of aryl methyl sites for hydroxylation is 1. The fraction of sp³-hybridized carbons (Fsp3) is 0.500. The van der Waals surface area contributed by atoms with Crippen LogP contribution in [-0.4, -0.2) is 31.3 Å². The number of anilines is 1. The van der Waals surface area contributed by atoms with Crippen LogP contribution in [0.3, 0.4) is 0 Å². The van der Waals surface area contributed by atoms with Gasteiger partial charge in [-0.3, -0.25) is 0 Å². The Morgan fingerprint density at radius 1 is 1.26 bits per heavy atom. The van der Waals surface area contributed by atoms with Crippen molar-refractivity contribution in [1.29, 1.82) is 0 Å². The average Bonchev–Trinajstić information content (AvgIpc) is 2.91. The highest BCUT2D eigenvalue weighted by Gasteiger charge is 2.16. The first-order chi connectivity index (χ1) is 9.25. The lowest BCUT2D eigenvalue weighted by atomic mass is 10.2. The van der Waals surface area contributed by atoms with Crippen LogP contribution in [0.1, 0.15) is 19.4 Å². The minimum Gasteiger partial charge on any atom is -0.378 e. The van der Waals surface area contributed by atoms with E-state index < -0.39 is 0 Å². The summed E-state index contributed by atoms with van der Waals surface area (Å²) >= 11 is 1.62. The predicted molar refractivity (Wildman–Crippen MR) is 78.7 cm³/mol. The summed E-state index contributed by atoms with van der Waals surface area (Å²) in [7, 11) is 0. The Morgan fingerprint density at radius 2 is 1.95 bits per heavy atom. The quantitative estimate of drug-likeness (QED) is 0.799. The zero-order chi connectivity index (χ0) is 13.8. The van der Waals surface area contributed by atoms with E-state index in [1.165, 1.54) is 6.07 Å². The summed E-state index contributed by atoms with van der Waals surface area (Å²) in [6, 6.07) is 3.32. The first-order valence-electron chi connectivity index (χ1n) is 6.64. The second-order valence-electron chi connectivity index (χ2n) is 4.11. The van der Waals surface area contributed by atoms with E-state index in [1.54, 1.807) is 24.3 Å². The molecule has 0 N–H and O–H groups in total. The summed E-state index contributed by atoms with van der Waals surface area (Å²) in [4.78, 5) is 6.75. The van der Waals surface area contributed by atoms with Crippen molar-refractivity contribution in [3.63, 3.8) is 0 Å². The van der Waals surface area contributed by atoms with Crippen molar-refractivity contribution in [3.8, 4) is 0 Å². The van der Waals surface area contributed by atoms with Crippen molar-refractivity contribution in [3.05, 3.63) is 23.5 Å². The van der Waals surface area contributed by atoms with E-state index in [4.69, 9.17) is 4.74 Å². The van der Waals surface area contributed by atoms with E-state index in [0.29, 0.717) is 5.56 Å². The second-order valence-corrected chi connectivity index (χ2v) is 5.12. The molecule has 0 unspecified atom stereocenters. The number of rotatable bonds is 1. The Balaban J connectivity index is 0.000000637. The Kier molecular flexibility index (Phi) is 4.71. The van der Waals surface area contributed by atoms with Gasteiger partial charge in [0.2, 0.25) is 0 Å². The number of nitrogens with zero attached hydrogens (tertiary/aromatic N) is 2. The SMILES string of the molecule is CC.Cc1c(F)ccc2sc(N3CCOCC3)nc12. The van der Waals surface area contributed by atoms with Crippen LogP contribution in [0.5, 0.6) is 0 Å². The lowest BCUT2D eigenvalue weighted by Crippen LogP contribution is -2.36. The molecule has 0 radical (unpaired) electrons. The monoisotopic (exact) mass is 282 g/mol. The number of hydrogen-bond donors (Lipinski definition) is 0. The molecule has 3 nitrogen and oxygen atoms in total. The molecule has 19 heavy (non-hydrogen) atoms. The highest BCUT2D eigenvalue weighted by Crippen LogP contribution is 2.31. The van der Waals surface area contributed by atoms with Gasteiger partial charge < -0.3 is 9.64 Å². The van der Waals surface area contributed by atoms with Crippen LogP contribution in [-0.2, 0) is 4.74 Å². The fourth-order valence-electron chi connectivity index (χ4n) is 1.98. The van der Waals surface area contributed by atoms with Gasteiger partial charge in [-0.15, -0.1) is 0 Å². The summed E-state index contributed by atoms with van der Waals surface area (Å²) in [6.07, 6.45) is 0. The molecule has 0 atom stereocenters. The number of halogens is 1. The lowest BCUT2D eigenvalue weighted by molar-refractivity contribution is 0.122. The first kappa shape index (κ1) is 14.2. The minimum absolute atomic E-state index is 0.184. The normalized spacial score (nSPS) is 15.3. The molecule has 2 aromatic rings. The molecule has 2 heterocycles. The maximum Gasteiger partial charge on any atom is 0.186 e. The molecule has 0 amide bonds. The second kappa shape index (κ2) is 6.30. The molecule has 0 aliphatic carbocycles. The molecule has 0 bridgehead atoms. The molecule has 5 heteroatoms. The molecule has 1 aromatic carbocycles. The minimum atomic E-state index is -0.184. The molecule has 104 valence electrons. The van der Waals surface area contributed by atoms with Crippen molar-refractivity contribution in [2.24, 2.45) is 0 Å². The Hall–Kier alpha value is -1.20. The summed E-state index contributed by atoms with van der Waals surface area (Å²) in [5.74, 6) is -0.184. The number of benzene rings is 1. The van der Waals surface area contributed by atoms with Gasteiger partial charge in [0.25, 0.3) is 0 Å². The van der Waals surface area contributed by atoms with Gasteiger partial charge in [0.05, 0.1) is 23.4 Å². The van der Waals surface area contributed by atoms with E-state index in [-0.39, 0.29) is 5.82 Å². The number of aromatic nitrogens is 1. The number of ether oxygens (including phenoxy) is 1. The zero-order valence-corrected chi connectivity index (χ0v) is 12.4. The molecular weight excluding hydrogens is 263 g/mol. The molecule has 1 saturated heterocycles. The maximum atomic E-state index is 13.4. The third kappa shape index (κ3) is 2.87. The number of thiazole rings is 1. The van der Waals surface area contributed by atoms with Gasteiger partial charge in [-0.05, 0) is 19.1 Å². The average molecular weight is 282 g/mol. The van der Waals surface area contributed by atoms with Gasteiger partial charge in [0.1, 0.15) is 5.82 Å². The van der Waals surface area contributed by atoms with Crippen LogP contribution in [0.2, 0.25) is 0 Å². The van der Waals surface area contributed by atoms with Crippen molar-refractivity contribution in [2.75, 3.05) is 31.2 Å². The Bertz CT molecular complexity index is 550. The van der Waals surface area contributed by atoms with Crippen LogP contribution < -0.4 is 4.90 Å². The van der Waals surface area contributed by atoms with Gasteiger partial charge in [0.15, 0.2) is 5.13 Å². The summed E-state index contributed by atoms with van der Waals surface area (Å²) in [5.41, 5.74) is 1.43. The summed E-state index contributed by atoms with van der Waals surface area (Å²) < 4.78 is 19.8. The Labute approximate surface area is 117 Å². The van der Waals surface area contributed by atoms with Crippen LogP contribution in [0.4, 0.5) is 9.52 Å². The third-order valence-electron chi connectivity index (χ3n) is 3.02.